The first-order valence-electron chi connectivity index (χ1n) is 8.61. The summed E-state index contributed by atoms with van der Waals surface area (Å²) in [6.45, 7) is 5.15. The Morgan fingerprint density at radius 1 is 1.36 bits per heavy atom. The zero-order valence-corrected chi connectivity index (χ0v) is 14.9. The Morgan fingerprint density at radius 3 is 2.80 bits per heavy atom. The third kappa shape index (κ3) is 3.85. The van der Waals surface area contributed by atoms with Gasteiger partial charge in [-0.1, -0.05) is 23.4 Å². The Kier molecular flexibility index (Phi) is 5.38. The molecule has 1 aromatic heterocycles. The quantitative estimate of drug-likeness (QED) is 0.735. The Morgan fingerprint density at radius 2 is 2.12 bits per heavy atom. The molecule has 0 aliphatic heterocycles. The van der Waals surface area contributed by atoms with Gasteiger partial charge in [0.2, 0.25) is 0 Å². The molecule has 134 valence electrons. The first-order chi connectivity index (χ1) is 12.2. The number of nitrogens with zero attached hydrogens (tertiary/aromatic N) is 2. The summed E-state index contributed by atoms with van der Waals surface area (Å²) < 4.78 is 16.1. The summed E-state index contributed by atoms with van der Waals surface area (Å²) in [6.07, 6.45) is 2.03. The highest BCUT2D eigenvalue weighted by Gasteiger charge is 2.36. The lowest BCUT2D eigenvalue weighted by Gasteiger charge is -2.23. The van der Waals surface area contributed by atoms with Gasteiger partial charge >= 0.3 is 0 Å². The average Bonchev–Trinajstić information content (AvgIpc) is 3.39. The number of hydrogen-bond donors (Lipinski definition) is 0. The van der Waals surface area contributed by atoms with Crippen molar-refractivity contribution in [3.8, 4) is 5.75 Å². The number of benzene rings is 1. The van der Waals surface area contributed by atoms with Gasteiger partial charge in [0.05, 0.1) is 18.8 Å². The topological polar surface area (TPSA) is 64.8 Å². The number of carbonyl (C=O) groups is 1. The smallest absolute Gasteiger partial charge is 0.276 e. The number of rotatable bonds is 8. The minimum atomic E-state index is -0.113. The second kappa shape index (κ2) is 7.70. The molecule has 1 amide bonds. The summed E-state index contributed by atoms with van der Waals surface area (Å²) in [5.41, 5.74) is 2.06. The zero-order valence-electron chi connectivity index (χ0n) is 14.9. The number of carbonyl (C=O) groups excluding carboxylic acids is 1. The van der Waals surface area contributed by atoms with E-state index >= 15 is 0 Å². The van der Waals surface area contributed by atoms with Crippen molar-refractivity contribution < 1.29 is 18.8 Å². The van der Waals surface area contributed by atoms with E-state index < -0.39 is 0 Å². The first-order valence-corrected chi connectivity index (χ1v) is 8.61. The fourth-order valence-electron chi connectivity index (χ4n) is 2.88. The maximum atomic E-state index is 13.1. The van der Waals surface area contributed by atoms with Crippen LogP contribution in [0.2, 0.25) is 0 Å². The summed E-state index contributed by atoms with van der Waals surface area (Å²) >= 11 is 0. The molecule has 0 spiro atoms. The van der Waals surface area contributed by atoms with E-state index in [0.717, 1.165) is 29.7 Å². The van der Waals surface area contributed by atoms with E-state index in [0.29, 0.717) is 31.2 Å². The maximum Gasteiger partial charge on any atom is 0.276 e. The first kappa shape index (κ1) is 17.5. The minimum Gasteiger partial charge on any atom is -0.494 e. The zero-order chi connectivity index (χ0) is 17.8. The second-order valence-corrected chi connectivity index (χ2v) is 6.20. The molecule has 0 radical (unpaired) electrons. The molecule has 0 atom stereocenters. The molecule has 6 heteroatoms. The Hall–Kier alpha value is -2.34. The van der Waals surface area contributed by atoms with Crippen LogP contribution >= 0.6 is 0 Å². The van der Waals surface area contributed by atoms with Gasteiger partial charge < -0.3 is 18.9 Å². The van der Waals surface area contributed by atoms with Gasteiger partial charge in [0.1, 0.15) is 11.5 Å². The van der Waals surface area contributed by atoms with Crippen molar-refractivity contribution in [3.05, 3.63) is 46.8 Å². The molecule has 2 aromatic rings. The van der Waals surface area contributed by atoms with Crippen LogP contribution in [0.3, 0.4) is 0 Å². The van der Waals surface area contributed by atoms with E-state index in [1.54, 1.807) is 14.0 Å². The Bertz CT molecular complexity index is 737. The van der Waals surface area contributed by atoms with Crippen LogP contribution in [0.15, 0.2) is 28.8 Å². The molecule has 1 heterocycles. The molecule has 1 fully saturated rings. The molecule has 1 aromatic carbocycles. The molecule has 25 heavy (non-hydrogen) atoms. The van der Waals surface area contributed by atoms with Gasteiger partial charge in [0.15, 0.2) is 5.69 Å². The standard InChI is InChI=1S/C19H24N2O4/c1-4-24-17-8-6-5-7-14(17)11-21(15-9-10-15)19(22)18-16(12-23-3)13(2)25-20-18/h5-8,15H,4,9-12H2,1-3H3. The predicted octanol–water partition coefficient (Wildman–Crippen LogP) is 3.33. The molecular formula is C19H24N2O4. The van der Waals surface area contributed by atoms with Gasteiger partial charge in [-0.2, -0.15) is 0 Å². The summed E-state index contributed by atoms with van der Waals surface area (Å²) in [4.78, 5) is 15.0. The maximum absolute atomic E-state index is 13.1. The predicted molar refractivity (Wildman–Crippen MR) is 92.5 cm³/mol. The molecule has 0 N–H and O–H groups in total. The summed E-state index contributed by atoms with van der Waals surface area (Å²) in [5.74, 6) is 1.32. The van der Waals surface area contributed by atoms with Gasteiger partial charge in [0, 0.05) is 25.3 Å². The number of ether oxygens (including phenoxy) is 2. The number of aryl methyl sites for hydroxylation is 1. The lowest BCUT2D eigenvalue weighted by atomic mass is 10.1. The van der Waals surface area contributed by atoms with Crippen LogP contribution in [-0.2, 0) is 17.9 Å². The highest BCUT2D eigenvalue weighted by Crippen LogP contribution is 2.32. The lowest BCUT2D eigenvalue weighted by Crippen LogP contribution is -2.33. The normalized spacial score (nSPS) is 13.7. The van der Waals surface area contributed by atoms with Crippen molar-refractivity contribution >= 4 is 5.91 Å². The van der Waals surface area contributed by atoms with Crippen molar-refractivity contribution in [3.63, 3.8) is 0 Å². The number of hydrogen-bond acceptors (Lipinski definition) is 5. The fraction of sp³-hybridized carbons (Fsp3) is 0.474. The molecule has 6 nitrogen and oxygen atoms in total. The summed E-state index contributed by atoms with van der Waals surface area (Å²) in [6, 6.07) is 8.08. The Balaban J connectivity index is 1.86. The number of aromatic nitrogens is 1. The molecule has 1 saturated carbocycles. The van der Waals surface area contributed by atoms with Crippen molar-refractivity contribution in [2.24, 2.45) is 0 Å². The van der Waals surface area contributed by atoms with Crippen LogP contribution in [-0.4, -0.2) is 35.7 Å². The molecule has 1 aliphatic carbocycles. The molecule has 0 unspecified atom stereocenters. The molecular weight excluding hydrogens is 320 g/mol. The van der Waals surface area contributed by atoms with E-state index in [1.165, 1.54) is 0 Å². The highest BCUT2D eigenvalue weighted by atomic mass is 16.5. The van der Waals surface area contributed by atoms with Crippen LogP contribution in [0, 0.1) is 6.92 Å². The third-order valence-electron chi connectivity index (χ3n) is 4.34. The van der Waals surface area contributed by atoms with Crippen LogP contribution in [0.5, 0.6) is 5.75 Å². The summed E-state index contributed by atoms with van der Waals surface area (Å²) in [5, 5.41) is 3.99. The fourth-order valence-corrected chi connectivity index (χ4v) is 2.88. The van der Waals surface area contributed by atoms with Gasteiger partial charge in [-0.3, -0.25) is 4.79 Å². The van der Waals surface area contributed by atoms with Gasteiger partial charge in [-0.15, -0.1) is 0 Å². The van der Waals surface area contributed by atoms with Crippen LogP contribution in [0.25, 0.3) is 0 Å². The summed E-state index contributed by atoms with van der Waals surface area (Å²) in [7, 11) is 1.59. The SMILES string of the molecule is CCOc1ccccc1CN(C(=O)c1noc(C)c1COC)C1CC1. The Labute approximate surface area is 147 Å². The van der Waals surface area contributed by atoms with Gasteiger partial charge in [-0.25, -0.2) is 0 Å². The minimum absolute atomic E-state index is 0.113. The van der Waals surface area contributed by atoms with Crippen molar-refractivity contribution in [2.45, 2.75) is 45.9 Å². The van der Waals surface area contributed by atoms with E-state index in [1.807, 2.05) is 36.1 Å². The monoisotopic (exact) mass is 344 g/mol. The van der Waals surface area contributed by atoms with Crippen LogP contribution in [0.4, 0.5) is 0 Å². The highest BCUT2D eigenvalue weighted by molar-refractivity contribution is 5.94. The van der Waals surface area contributed by atoms with E-state index in [4.69, 9.17) is 14.0 Å². The molecule has 0 saturated heterocycles. The number of methoxy groups -OCH3 is 1. The van der Waals surface area contributed by atoms with Crippen molar-refractivity contribution in [2.75, 3.05) is 13.7 Å². The largest absolute Gasteiger partial charge is 0.494 e. The molecule has 3 rings (SSSR count). The molecule has 1 aliphatic rings. The number of amides is 1. The average molecular weight is 344 g/mol. The van der Waals surface area contributed by atoms with Gasteiger partial charge in [0.25, 0.3) is 5.91 Å². The van der Waals surface area contributed by atoms with Crippen LogP contribution < -0.4 is 4.74 Å². The second-order valence-electron chi connectivity index (χ2n) is 6.20. The van der Waals surface area contributed by atoms with Crippen molar-refractivity contribution in [1.29, 1.82) is 0 Å². The molecule has 0 bridgehead atoms. The van der Waals surface area contributed by atoms with Crippen molar-refractivity contribution in [1.82, 2.24) is 10.1 Å². The van der Waals surface area contributed by atoms with Gasteiger partial charge in [-0.05, 0) is 32.8 Å². The van der Waals surface area contributed by atoms with E-state index in [2.05, 4.69) is 5.16 Å². The third-order valence-corrected chi connectivity index (χ3v) is 4.34. The van der Waals surface area contributed by atoms with Crippen LogP contribution in [0.1, 0.15) is 47.1 Å². The lowest BCUT2D eigenvalue weighted by molar-refractivity contribution is 0.0713. The van der Waals surface area contributed by atoms with E-state index in [-0.39, 0.29) is 11.9 Å². The van der Waals surface area contributed by atoms with E-state index in [9.17, 15) is 4.79 Å². The number of para-hydroxylation sites is 1.